The van der Waals surface area contributed by atoms with Crippen molar-refractivity contribution in [3.05, 3.63) is 28.8 Å². The topological polar surface area (TPSA) is 77.2 Å². The van der Waals surface area contributed by atoms with Crippen molar-refractivity contribution in [1.29, 1.82) is 0 Å². The van der Waals surface area contributed by atoms with Crippen LogP contribution < -0.4 is 5.73 Å². The van der Waals surface area contributed by atoms with Gasteiger partial charge in [-0.1, -0.05) is 11.6 Å². The Kier molecular flexibility index (Phi) is 3.25. The highest BCUT2D eigenvalue weighted by Gasteiger charge is 2.38. The Morgan fingerprint density at radius 2 is 2.06 bits per heavy atom. The summed E-state index contributed by atoms with van der Waals surface area (Å²) in [6.07, 6.45) is 1.37. The number of hydrogen-bond acceptors (Lipinski definition) is 4. The summed E-state index contributed by atoms with van der Waals surface area (Å²) in [6, 6.07) is 4.21. The van der Waals surface area contributed by atoms with E-state index in [1.54, 1.807) is 0 Å². The lowest BCUT2D eigenvalue weighted by Crippen LogP contribution is -2.14. The number of sulfone groups is 1. The Bertz CT molecular complexity index is 564. The van der Waals surface area contributed by atoms with Crippen molar-refractivity contribution < 1.29 is 13.2 Å². The summed E-state index contributed by atoms with van der Waals surface area (Å²) >= 11 is 5.91. The molecular weight excluding hydrogens is 262 g/mol. The van der Waals surface area contributed by atoms with Crippen molar-refractivity contribution in [2.24, 2.45) is 5.73 Å². The van der Waals surface area contributed by atoms with Gasteiger partial charge in [-0.2, -0.15) is 0 Å². The molecule has 1 fully saturated rings. The van der Waals surface area contributed by atoms with Gasteiger partial charge in [0, 0.05) is 5.56 Å². The molecule has 0 aliphatic heterocycles. The van der Waals surface area contributed by atoms with Crippen LogP contribution in [0.25, 0.3) is 0 Å². The summed E-state index contributed by atoms with van der Waals surface area (Å²) in [7, 11) is -3.32. The number of hydrogen-bond donors (Lipinski definition) is 1. The lowest BCUT2D eigenvalue weighted by Gasteiger charge is -2.06. The lowest BCUT2D eigenvalue weighted by molar-refractivity contribution is 0.100. The molecule has 0 amide bonds. The Labute approximate surface area is 105 Å². The molecule has 2 N–H and O–H groups in total. The highest BCUT2D eigenvalue weighted by Crippen LogP contribution is 2.36. The maximum atomic E-state index is 12.0. The largest absolute Gasteiger partial charge is 0.324 e. The normalized spacial score (nSPS) is 15.9. The van der Waals surface area contributed by atoms with Crippen LogP contribution in [0, 0.1) is 0 Å². The van der Waals surface area contributed by atoms with E-state index in [-0.39, 0.29) is 27.5 Å². The first-order valence-electron chi connectivity index (χ1n) is 5.23. The number of ketones is 1. The molecular formula is C11H12ClNO3S. The van der Waals surface area contributed by atoms with E-state index in [0.717, 1.165) is 0 Å². The number of benzene rings is 1. The minimum absolute atomic E-state index is 0.0937. The van der Waals surface area contributed by atoms with Crippen LogP contribution in [-0.4, -0.2) is 26.0 Å². The van der Waals surface area contributed by atoms with Gasteiger partial charge in [0.1, 0.15) is 0 Å². The second-order valence-electron chi connectivity index (χ2n) is 4.02. The number of rotatable bonds is 4. The molecule has 1 aliphatic carbocycles. The van der Waals surface area contributed by atoms with Gasteiger partial charge in [0.15, 0.2) is 15.6 Å². The maximum absolute atomic E-state index is 12.0. The fraction of sp³-hybridized carbons (Fsp3) is 0.364. The van der Waals surface area contributed by atoms with Crippen LogP contribution in [0.5, 0.6) is 0 Å². The molecule has 0 heterocycles. The van der Waals surface area contributed by atoms with Crippen LogP contribution in [-0.2, 0) is 9.84 Å². The molecule has 1 aromatic rings. The number of carbonyl (C=O) groups excluding carboxylic acids is 1. The van der Waals surface area contributed by atoms with E-state index >= 15 is 0 Å². The fourth-order valence-electron chi connectivity index (χ4n) is 1.58. The molecule has 0 unspecified atom stereocenters. The Morgan fingerprint density at radius 1 is 1.41 bits per heavy atom. The number of Topliss-reactive ketones (excluding diaryl/α,β-unsaturated/α-hetero) is 1. The third-order valence-corrected chi connectivity index (χ3v) is 5.45. The predicted octanol–water partition coefficient (Wildman–Crippen LogP) is 1.42. The molecule has 0 spiro atoms. The summed E-state index contributed by atoms with van der Waals surface area (Å²) in [5.41, 5.74) is 5.57. The molecule has 0 bridgehead atoms. The van der Waals surface area contributed by atoms with Crippen LogP contribution in [0.2, 0.25) is 5.02 Å². The Morgan fingerprint density at radius 3 is 2.53 bits per heavy atom. The van der Waals surface area contributed by atoms with E-state index in [0.29, 0.717) is 18.4 Å². The molecule has 2 rings (SSSR count). The van der Waals surface area contributed by atoms with Crippen molar-refractivity contribution in [2.75, 3.05) is 6.54 Å². The Balaban J connectivity index is 2.42. The van der Waals surface area contributed by atoms with E-state index in [2.05, 4.69) is 0 Å². The molecule has 0 saturated heterocycles. The van der Waals surface area contributed by atoms with Crippen molar-refractivity contribution in [3.8, 4) is 0 Å². The minimum Gasteiger partial charge on any atom is -0.324 e. The average Bonchev–Trinajstić information content (AvgIpc) is 3.11. The van der Waals surface area contributed by atoms with Crippen LogP contribution in [0.15, 0.2) is 23.1 Å². The van der Waals surface area contributed by atoms with Crippen LogP contribution >= 0.6 is 11.6 Å². The zero-order chi connectivity index (χ0) is 12.6. The molecule has 92 valence electrons. The fourth-order valence-corrected chi connectivity index (χ4v) is 3.79. The van der Waals surface area contributed by atoms with E-state index in [1.807, 2.05) is 0 Å². The SMILES string of the molecule is NCC(=O)c1ccc(S(=O)(=O)C2CC2)c(Cl)c1. The quantitative estimate of drug-likeness (QED) is 0.842. The lowest BCUT2D eigenvalue weighted by atomic mass is 10.1. The highest BCUT2D eigenvalue weighted by atomic mass is 35.5. The molecule has 6 heteroatoms. The zero-order valence-corrected chi connectivity index (χ0v) is 10.6. The van der Waals surface area contributed by atoms with Gasteiger partial charge in [0.2, 0.25) is 0 Å². The second kappa shape index (κ2) is 4.40. The molecule has 1 saturated carbocycles. The standard InChI is InChI=1S/C11H12ClNO3S/c12-9-5-7(10(14)6-13)1-4-11(9)17(15,16)8-2-3-8/h1,4-5,8H,2-3,6,13H2. The molecule has 0 atom stereocenters. The van der Waals surface area contributed by atoms with Crippen LogP contribution in [0.1, 0.15) is 23.2 Å². The molecule has 1 aliphatic rings. The zero-order valence-electron chi connectivity index (χ0n) is 9.02. The first-order chi connectivity index (χ1) is 7.96. The molecule has 0 aromatic heterocycles. The third-order valence-electron chi connectivity index (χ3n) is 2.71. The summed E-state index contributed by atoms with van der Waals surface area (Å²) in [5, 5.41) is -0.215. The first kappa shape index (κ1) is 12.5. The van der Waals surface area contributed by atoms with Crippen molar-refractivity contribution in [3.63, 3.8) is 0 Å². The third kappa shape index (κ3) is 2.36. The van der Waals surface area contributed by atoms with Gasteiger partial charge in [-0.25, -0.2) is 8.42 Å². The number of carbonyl (C=O) groups is 1. The highest BCUT2D eigenvalue weighted by molar-refractivity contribution is 7.92. The van der Waals surface area contributed by atoms with Crippen LogP contribution in [0.3, 0.4) is 0 Å². The van der Waals surface area contributed by atoms with Gasteiger partial charge in [-0.3, -0.25) is 4.79 Å². The van der Waals surface area contributed by atoms with E-state index in [9.17, 15) is 13.2 Å². The molecule has 0 radical (unpaired) electrons. The molecule has 4 nitrogen and oxygen atoms in total. The van der Waals surface area contributed by atoms with Crippen molar-refractivity contribution in [2.45, 2.75) is 23.0 Å². The number of halogens is 1. The van der Waals surface area contributed by atoms with E-state index in [1.165, 1.54) is 18.2 Å². The predicted molar refractivity (Wildman–Crippen MR) is 65.0 cm³/mol. The minimum atomic E-state index is -3.32. The monoisotopic (exact) mass is 273 g/mol. The van der Waals surface area contributed by atoms with E-state index in [4.69, 9.17) is 17.3 Å². The van der Waals surface area contributed by atoms with Gasteiger partial charge in [-0.15, -0.1) is 0 Å². The molecule has 17 heavy (non-hydrogen) atoms. The second-order valence-corrected chi connectivity index (χ2v) is 6.62. The van der Waals surface area contributed by atoms with Crippen molar-refractivity contribution >= 4 is 27.2 Å². The van der Waals surface area contributed by atoms with Gasteiger partial charge in [-0.05, 0) is 31.0 Å². The smallest absolute Gasteiger partial charge is 0.182 e. The molecule has 1 aromatic carbocycles. The summed E-state index contributed by atoms with van der Waals surface area (Å²) in [4.78, 5) is 11.4. The Hall–Kier alpha value is -0.910. The van der Waals surface area contributed by atoms with Gasteiger partial charge >= 0.3 is 0 Å². The maximum Gasteiger partial charge on any atom is 0.182 e. The van der Waals surface area contributed by atoms with Crippen molar-refractivity contribution in [1.82, 2.24) is 0 Å². The average molecular weight is 274 g/mol. The summed E-state index contributed by atoms with van der Waals surface area (Å²) in [6.45, 7) is -0.120. The van der Waals surface area contributed by atoms with Gasteiger partial charge in [0.25, 0.3) is 0 Å². The van der Waals surface area contributed by atoms with Gasteiger partial charge < -0.3 is 5.73 Å². The van der Waals surface area contributed by atoms with Crippen LogP contribution in [0.4, 0.5) is 0 Å². The summed E-state index contributed by atoms with van der Waals surface area (Å²) in [5.74, 6) is -0.262. The van der Waals surface area contributed by atoms with E-state index < -0.39 is 9.84 Å². The number of nitrogens with two attached hydrogens (primary N) is 1. The summed E-state index contributed by atoms with van der Waals surface area (Å²) < 4.78 is 23.9. The first-order valence-corrected chi connectivity index (χ1v) is 7.16. The van der Waals surface area contributed by atoms with Gasteiger partial charge in [0.05, 0.1) is 21.7 Å².